The molecule has 1 atom stereocenters. The number of nitrogens with one attached hydrogen (secondary N) is 1. The van der Waals surface area contributed by atoms with Crippen molar-refractivity contribution in [1.29, 1.82) is 0 Å². The number of nitrogens with zero attached hydrogens (tertiary/aromatic N) is 2. The van der Waals surface area contributed by atoms with E-state index in [-0.39, 0.29) is 11.7 Å². The van der Waals surface area contributed by atoms with Crippen molar-refractivity contribution in [2.24, 2.45) is 5.92 Å². The van der Waals surface area contributed by atoms with Gasteiger partial charge in [0.2, 0.25) is 0 Å². The number of hydrogen-bond donors (Lipinski definition) is 2. The minimum absolute atomic E-state index is 0.224. The van der Waals surface area contributed by atoms with Crippen molar-refractivity contribution in [3.63, 3.8) is 0 Å². The molecule has 26 heavy (non-hydrogen) atoms. The van der Waals surface area contributed by atoms with Crippen LogP contribution >= 0.6 is 11.3 Å². The SMILES string of the molecule is Cc1sc2ncnc(NC(CC(C)C)C(=O)O)c2c1-c1ccc(F)cc1. The number of hydrogen-bond acceptors (Lipinski definition) is 5. The third-order valence-electron chi connectivity index (χ3n) is 4.11. The van der Waals surface area contributed by atoms with Gasteiger partial charge in [0.25, 0.3) is 0 Å². The molecule has 5 nitrogen and oxygen atoms in total. The quantitative estimate of drug-likeness (QED) is 0.654. The third kappa shape index (κ3) is 3.67. The Morgan fingerprint density at radius 2 is 1.96 bits per heavy atom. The monoisotopic (exact) mass is 373 g/mol. The number of benzene rings is 1. The molecule has 2 N–H and O–H groups in total. The lowest BCUT2D eigenvalue weighted by Gasteiger charge is -2.18. The van der Waals surface area contributed by atoms with Crippen LogP contribution in [0.25, 0.3) is 21.3 Å². The van der Waals surface area contributed by atoms with E-state index in [4.69, 9.17) is 0 Å². The van der Waals surface area contributed by atoms with Crippen LogP contribution in [0.15, 0.2) is 30.6 Å². The molecule has 0 aliphatic heterocycles. The van der Waals surface area contributed by atoms with Gasteiger partial charge in [0.05, 0.1) is 5.39 Å². The average molecular weight is 373 g/mol. The fraction of sp³-hybridized carbons (Fsp3) is 0.316. The second-order valence-corrected chi connectivity index (χ2v) is 7.81. The molecular weight excluding hydrogens is 353 g/mol. The topological polar surface area (TPSA) is 75.1 Å². The second-order valence-electron chi connectivity index (χ2n) is 6.61. The van der Waals surface area contributed by atoms with Crippen LogP contribution in [0.4, 0.5) is 10.2 Å². The molecule has 7 heteroatoms. The van der Waals surface area contributed by atoms with E-state index in [1.165, 1.54) is 29.8 Å². The van der Waals surface area contributed by atoms with Crippen LogP contribution in [0, 0.1) is 18.7 Å². The van der Waals surface area contributed by atoms with E-state index in [0.29, 0.717) is 12.2 Å². The number of aliphatic carboxylic acids is 1. The Morgan fingerprint density at radius 3 is 2.58 bits per heavy atom. The molecule has 0 saturated carbocycles. The van der Waals surface area contributed by atoms with Crippen LogP contribution in [0.5, 0.6) is 0 Å². The fourth-order valence-corrected chi connectivity index (χ4v) is 3.99. The molecule has 1 unspecified atom stereocenters. The van der Waals surface area contributed by atoms with Gasteiger partial charge in [-0.2, -0.15) is 0 Å². The maximum atomic E-state index is 13.3. The van der Waals surface area contributed by atoms with Crippen LogP contribution in [-0.2, 0) is 4.79 Å². The van der Waals surface area contributed by atoms with Gasteiger partial charge in [0.15, 0.2) is 0 Å². The standard InChI is InChI=1S/C19H20FN3O2S/c1-10(2)8-14(19(24)25)23-17-16-15(12-4-6-13(20)7-5-12)11(3)26-18(16)22-9-21-17/h4-7,9-10,14H,8H2,1-3H3,(H,24,25)(H,21,22,23). The number of carboxylic acid groups (broad SMARTS) is 1. The fourth-order valence-electron chi connectivity index (χ4n) is 2.98. The van der Waals surface area contributed by atoms with Gasteiger partial charge in [-0.3, -0.25) is 0 Å². The number of aromatic nitrogens is 2. The van der Waals surface area contributed by atoms with Crippen molar-refractivity contribution >= 4 is 33.3 Å². The Labute approximate surface area is 154 Å². The number of carbonyl (C=O) groups is 1. The zero-order valence-corrected chi connectivity index (χ0v) is 15.6. The summed E-state index contributed by atoms with van der Waals surface area (Å²) in [4.78, 5) is 22.0. The summed E-state index contributed by atoms with van der Waals surface area (Å²) in [6, 6.07) is 5.50. The molecule has 0 radical (unpaired) electrons. The van der Waals surface area contributed by atoms with Crippen molar-refractivity contribution in [3.05, 3.63) is 41.3 Å². The van der Waals surface area contributed by atoms with E-state index in [0.717, 1.165) is 26.2 Å². The number of fused-ring (bicyclic) bond motifs is 1. The van der Waals surface area contributed by atoms with Crippen molar-refractivity contribution in [2.45, 2.75) is 33.2 Å². The largest absolute Gasteiger partial charge is 0.480 e. The van der Waals surface area contributed by atoms with Gasteiger partial charge in [-0.05, 0) is 37.0 Å². The molecule has 0 amide bonds. The number of rotatable bonds is 6. The van der Waals surface area contributed by atoms with Gasteiger partial charge >= 0.3 is 5.97 Å². The molecule has 1 aromatic carbocycles. The molecule has 2 aromatic heterocycles. The number of thiophene rings is 1. The van der Waals surface area contributed by atoms with Crippen LogP contribution in [0.3, 0.4) is 0 Å². The average Bonchev–Trinajstić information content (AvgIpc) is 2.91. The second kappa shape index (κ2) is 7.37. The minimum Gasteiger partial charge on any atom is -0.480 e. The van der Waals surface area contributed by atoms with Crippen LogP contribution in [-0.4, -0.2) is 27.1 Å². The predicted octanol–water partition coefficient (Wildman–Crippen LogP) is 4.72. The van der Waals surface area contributed by atoms with E-state index in [9.17, 15) is 14.3 Å². The van der Waals surface area contributed by atoms with Gasteiger partial charge in [-0.15, -0.1) is 11.3 Å². The highest BCUT2D eigenvalue weighted by atomic mass is 32.1. The summed E-state index contributed by atoms with van der Waals surface area (Å²) in [5, 5.41) is 13.4. The van der Waals surface area contributed by atoms with E-state index >= 15 is 0 Å². The summed E-state index contributed by atoms with van der Waals surface area (Å²) < 4.78 is 13.3. The first-order valence-electron chi connectivity index (χ1n) is 8.36. The lowest BCUT2D eigenvalue weighted by atomic mass is 10.0. The molecule has 0 spiro atoms. The number of carboxylic acids is 1. The summed E-state index contributed by atoms with van der Waals surface area (Å²) in [6.45, 7) is 5.93. The molecule has 0 bridgehead atoms. The normalized spacial score (nSPS) is 12.5. The van der Waals surface area contributed by atoms with Gasteiger partial charge in [-0.1, -0.05) is 26.0 Å². The van der Waals surface area contributed by atoms with Crippen LogP contribution < -0.4 is 5.32 Å². The van der Waals surface area contributed by atoms with Crippen LogP contribution in [0.2, 0.25) is 0 Å². The Kier molecular flexibility index (Phi) is 5.18. The zero-order valence-electron chi connectivity index (χ0n) is 14.8. The van der Waals surface area contributed by atoms with Gasteiger partial charge in [-0.25, -0.2) is 19.2 Å². The Morgan fingerprint density at radius 1 is 1.27 bits per heavy atom. The molecular formula is C19H20FN3O2S. The Hall–Kier alpha value is -2.54. The van der Waals surface area contributed by atoms with E-state index in [2.05, 4.69) is 15.3 Å². The summed E-state index contributed by atoms with van der Waals surface area (Å²) in [6.07, 6.45) is 1.92. The van der Waals surface area contributed by atoms with E-state index in [1.807, 2.05) is 20.8 Å². The Bertz CT molecular complexity index is 938. The molecule has 0 saturated heterocycles. The number of anilines is 1. The molecule has 0 aliphatic rings. The van der Waals surface area contributed by atoms with Gasteiger partial charge in [0.1, 0.15) is 28.8 Å². The van der Waals surface area contributed by atoms with Crippen molar-refractivity contribution in [3.8, 4) is 11.1 Å². The Balaban J connectivity index is 2.11. The molecule has 2 heterocycles. The first kappa shape index (κ1) is 18.3. The van der Waals surface area contributed by atoms with Gasteiger partial charge < -0.3 is 10.4 Å². The summed E-state index contributed by atoms with van der Waals surface area (Å²) in [7, 11) is 0. The highest BCUT2D eigenvalue weighted by molar-refractivity contribution is 7.19. The number of aryl methyl sites for hydroxylation is 1. The predicted molar refractivity (Wildman–Crippen MR) is 102 cm³/mol. The molecule has 0 fully saturated rings. The highest BCUT2D eigenvalue weighted by Crippen LogP contribution is 2.40. The van der Waals surface area contributed by atoms with E-state index < -0.39 is 12.0 Å². The van der Waals surface area contributed by atoms with Crippen molar-refractivity contribution < 1.29 is 14.3 Å². The summed E-state index contributed by atoms with van der Waals surface area (Å²) in [5.41, 5.74) is 1.76. The summed E-state index contributed by atoms with van der Waals surface area (Å²) in [5.74, 6) is -0.502. The van der Waals surface area contributed by atoms with E-state index in [1.54, 1.807) is 12.1 Å². The highest BCUT2D eigenvalue weighted by Gasteiger charge is 2.23. The van der Waals surface area contributed by atoms with Gasteiger partial charge in [0, 0.05) is 10.4 Å². The smallest absolute Gasteiger partial charge is 0.326 e. The maximum absolute atomic E-state index is 13.3. The molecule has 136 valence electrons. The zero-order chi connectivity index (χ0) is 18.8. The lowest BCUT2D eigenvalue weighted by Crippen LogP contribution is -2.31. The molecule has 3 rings (SSSR count). The minimum atomic E-state index is -0.916. The first-order valence-corrected chi connectivity index (χ1v) is 9.17. The molecule has 3 aromatic rings. The maximum Gasteiger partial charge on any atom is 0.326 e. The van der Waals surface area contributed by atoms with Crippen molar-refractivity contribution in [1.82, 2.24) is 9.97 Å². The first-order chi connectivity index (χ1) is 12.4. The number of halogens is 1. The summed E-state index contributed by atoms with van der Waals surface area (Å²) >= 11 is 1.51. The van der Waals surface area contributed by atoms with Crippen molar-refractivity contribution in [2.75, 3.05) is 5.32 Å². The lowest BCUT2D eigenvalue weighted by molar-refractivity contribution is -0.138. The van der Waals surface area contributed by atoms with Crippen LogP contribution in [0.1, 0.15) is 25.1 Å². The third-order valence-corrected chi connectivity index (χ3v) is 5.13. The molecule has 0 aliphatic carbocycles.